The van der Waals surface area contributed by atoms with Crippen LogP contribution in [0.15, 0.2) is 182 Å². The average Bonchev–Trinajstić information content (AvgIpc) is 3.70. The van der Waals surface area contributed by atoms with Gasteiger partial charge in [0.2, 0.25) is 0 Å². The van der Waals surface area contributed by atoms with Gasteiger partial charge in [0.1, 0.15) is 13.2 Å². The van der Waals surface area contributed by atoms with Crippen LogP contribution in [0.3, 0.4) is 0 Å². The second-order valence-electron chi connectivity index (χ2n) is 23.7. The van der Waals surface area contributed by atoms with E-state index in [1.807, 2.05) is 21.1 Å². The highest BCUT2D eigenvalue weighted by atomic mass is 16.7. The number of likely N-dealkylation sites (N-methyl/N-ethyl adjacent to an activating group) is 1. The fraction of sp³-hybridized carbons (Fsp3) is 0.588. The van der Waals surface area contributed by atoms with E-state index in [1.54, 1.807) is 0 Å². The van der Waals surface area contributed by atoms with Gasteiger partial charge in [-0.2, -0.15) is 0 Å². The van der Waals surface area contributed by atoms with Crippen LogP contribution in [0.5, 0.6) is 0 Å². The zero-order chi connectivity index (χ0) is 64.7. The summed E-state index contributed by atoms with van der Waals surface area (Å²) in [5, 5.41) is 9.75. The Labute approximate surface area is 545 Å². The maximum absolute atomic E-state index is 13.0. The van der Waals surface area contributed by atoms with E-state index in [0.29, 0.717) is 23.9 Å². The van der Waals surface area contributed by atoms with Gasteiger partial charge in [-0.3, -0.25) is 9.59 Å². The number of rotatable bonds is 62. The molecular weight excluding hydrogens is 1100 g/mol. The second kappa shape index (κ2) is 68.3. The molecule has 9 nitrogen and oxygen atoms in total. The fourth-order valence-corrected chi connectivity index (χ4v) is 8.89. The highest BCUT2D eigenvalue weighted by Crippen LogP contribution is 2.15. The molecule has 2 atom stereocenters. The molecule has 0 aliphatic heterocycles. The summed E-state index contributed by atoms with van der Waals surface area (Å²) >= 11 is 0. The van der Waals surface area contributed by atoms with Gasteiger partial charge in [-0.1, -0.05) is 280 Å². The Morgan fingerprint density at radius 1 is 0.337 bits per heavy atom. The third-order valence-electron chi connectivity index (χ3n) is 14.2. The van der Waals surface area contributed by atoms with E-state index in [1.165, 1.54) is 51.4 Å². The minimum Gasteiger partial charge on any atom is -0.477 e. The topological polar surface area (TPSA) is 108 Å². The van der Waals surface area contributed by atoms with Crippen molar-refractivity contribution >= 4 is 17.9 Å². The number of allylic oxidation sites excluding steroid dienone is 30. The molecule has 0 rings (SSSR count). The van der Waals surface area contributed by atoms with Crippen molar-refractivity contribution in [1.82, 2.24) is 0 Å². The molecular formula is C80H128NO8+. The van der Waals surface area contributed by atoms with E-state index in [2.05, 4.69) is 196 Å². The van der Waals surface area contributed by atoms with Crippen LogP contribution in [0.25, 0.3) is 0 Å². The quantitative estimate of drug-likeness (QED) is 0.0211. The number of quaternary nitrogens is 1. The molecule has 0 aliphatic carbocycles. The van der Waals surface area contributed by atoms with Gasteiger partial charge in [0.15, 0.2) is 6.10 Å². The predicted octanol–water partition coefficient (Wildman–Crippen LogP) is 22.0. The van der Waals surface area contributed by atoms with Crippen molar-refractivity contribution in [3.05, 3.63) is 182 Å². The van der Waals surface area contributed by atoms with Gasteiger partial charge in [-0.15, -0.1) is 0 Å². The smallest absolute Gasteiger partial charge is 0.361 e. The van der Waals surface area contributed by atoms with Crippen molar-refractivity contribution in [3.8, 4) is 0 Å². The maximum Gasteiger partial charge on any atom is 0.361 e. The van der Waals surface area contributed by atoms with Crippen LogP contribution < -0.4 is 0 Å². The molecule has 0 aromatic heterocycles. The number of carbonyl (C=O) groups is 3. The van der Waals surface area contributed by atoms with Crippen molar-refractivity contribution in [2.45, 2.75) is 257 Å². The van der Waals surface area contributed by atoms with Crippen LogP contribution in [0.1, 0.15) is 245 Å². The molecule has 0 amide bonds. The first-order chi connectivity index (χ1) is 43.6. The summed E-state index contributed by atoms with van der Waals surface area (Å²) in [6.07, 6.45) is 101. The first-order valence-corrected chi connectivity index (χ1v) is 34.9. The molecule has 0 aliphatic rings. The molecule has 9 heteroatoms. The third-order valence-corrected chi connectivity index (χ3v) is 14.2. The number of ether oxygens (including phenoxy) is 4. The van der Waals surface area contributed by atoms with Crippen LogP contribution in [0.4, 0.5) is 0 Å². The molecule has 0 heterocycles. The minimum absolute atomic E-state index is 0.174. The normalized spacial score (nSPS) is 13.9. The Kier molecular flexibility index (Phi) is 64.0. The third kappa shape index (κ3) is 69.7. The van der Waals surface area contributed by atoms with Gasteiger partial charge in [0, 0.05) is 12.8 Å². The monoisotopic (exact) mass is 1230 g/mol. The van der Waals surface area contributed by atoms with Gasteiger partial charge < -0.3 is 28.5 Å². The lowest BCUT2D eigenvalue weighted by molar-refractivity contribution is -0.870. The molecule has 0 saturated carbocycles. The molecule has 0 fully saturated rings. The Bertz CT molecular complexity index is 2120. The SMILES string of the molecule is CC/C=C\C/C=C\C/C=C\C/C=C\C/C=C\C/C=C\C/C=C\C/C=C\CCCCCCCCCCCCCCC(=O)OC(COC(=O)CCCCCCC/C=C\C/C=C\C/C=C\C/C=C\C/C=C\C/C=C\C/C=C\CC)COC(OCC[N+](C)(C)C)C(=O)O. The van der Waals surface area contributed by atoms with Crippen LogP contribution in [-0.2, 0) is 33.3 Å². The highest BCUT2D eigenvalue weighted by molar-refractivity contribution is 5.71. The first-order valence-electron chi connectivity index (χ1n) is 34.9. The average molecular weight is 1230 g/mol. The number of aliphatic carboxylic acids is 1. The van der Waals surface area contributed by atoms with Gasteiger partial charge in [0.05, 0.1) is 34.4 Å². The van der Waals surface area contributed by atoms with Gasteiger partial charge in [0.25, 0.3) is 6.29 Å². The van der Waals surface area contributed by atoms with Crippen molar-refractivity contribution in [2.24, 2.45) is 0 Å². The molecule has 89 heavy (non-hydrogen) atoms. The summed E-state index contributed by atoms with van der Waals surface area (Å²) in [5.74, 6) is -2.05. The zero-order valence-corrected chi connectivity index (χ0v) is 57.0. The second-order valence-corrected chi connectivity index (χ2v) is 23.7. The lowest BCUT2D eigenvalue weighted by Gasteiger charge is -2.25. The van der Waals surface area contributed by atoms with E-state index in [-0.39, 0.29) is 38.6 Å². The number of carboxylic acids is 1. The number of carboxylic acid groups (broad SMARTS) is 1. The number of unbranched alkanes of at least 4 members (excludes halogenated alkanes) is 17. The van der Waals surface area contributed by atoms with Crippen LogP contribution >= 0.6 is 0 Å². The summed E-state index contributed by atoms with van der Waals surface area (Å²) in [6.45, 7) is 4.61. The number of nitrogens with zero attached hydrogens (tertiary/aromatic N) is 1. The summed E-state index contributed by atoms with van der Waals surface area (Å²) < 4.78 is 22.9. The number of esters is 2. The molecule has 0 aromatic rings. The fourth-order valence-electron chi connectivity index (χ4n) is 8.89. The first kappa shape index (κ1) is 83.4. The highest BCUT2D eigenvalue weighted by Gasteiger charge is 2.25. The van der Waals surface area contributed by atoms with Crippen LogP contribution in [0, 0.1) is 0 Å². The Morgan fingerprint density at radius 3 is 0.899 bits per heavy atom. The van der Waals surface area contributed by atoms with Gasteiger partial charge in [-0.25, -0.2) is 4.79 Å². The van der Waals surface area contributed by atoms with Crippen molar-refractivity contribution < 1.29 is 42.9 Å². The predicted molar refractivity (Wildman–Crippen MR) is 382 cm³/mol. The summed E-state index contributed by atoms with van der Waals surface area (Å²) in [5.41, 5.74) is 0. The van der Waals surface area contributed by atoms with Crippen LogP contribution in [0.2, 0.25) is 0 Å². The lowest BCUT2D eigenvalue weighted by atomic mass is 10.0. The lowest BCUT2D eigenvalue weighted by Crippen LogP contribution is -2.40. The van der Waals surface area contributed by atoms with Gasteiger partial charge in [-0.05, 0) is 135 Å². The Morgan fingerprint density at radius 2 is 0.607 bits per heavy atom. The maximum atomic E-state index is 13.0. The number of carbonyl (C=O) groups excluding carboxylic acids is 2. The Balaban J connectivity index is 4.22. The largest absolute Gasteiger partial charge is 0.477 e. The standard InChI is InChI=1S/C80H127NO8/c1-6-8-10-12-14-16-18-20-22-24-26-28-30-32-34-35-36-37-38-39-40-41-42-43-45-47-49-51-53-55-57-59-61-63-65-67-69-71-78(83)89-76(75-88-80(79(84)85)86-73-72-81(3,4)5)74-87-77(82)70-68-66-64-62-60-58-56-54-52-50-48-46-44-33-31-29-27-25-23-21-19-17-15-13-11-9-7-2/h8-11,14-17,20-23,26-29,32-34,36-37,39-40,42-44,48,50,54,56,76,80H,6-7,12-13,18-19,24-25,30-31,35,38,41,45-47,49,51-53,55,57-75H2,1-5H3/p+1/b10-8-,11-9-,16-14-,17-15-,22-20-,23-21-,28-26-,29-27-,34-32-,37-36-,40-39-,43-42-,44-33-,50-48-,56-54-. The molecule has 0 radical (unpaired) electrons. The zero-order valence-electron chi connectivity index (χ0n) is 57.0. The van der Waals surface area contributed by atoms with Crippen LogP contribution in [-0.4, -0.2) is 87.4 Å². The van der Waals surface area contributed by atoms with Crippen molar-refractivity contribution in [1.29, 1.82) is 0 Å². The molecule has 500 valence electrons. The molecule has 1 N–H and O–H groups in total. The molecule has 0 saturated heterocycles. The van der Waals surface area contributed by atoms with Crippen molar-refractivity contribution in [2.75, 3.05) is 47.5 Å². The van der Waals surface area contributed by atoms with E-state index in [4.69, 9.17) is 18.9 Å². The molecule has 0 aromatic carbocycles. The summed E-state index contributed by atoms with van der Waals surface area (Å²) in [7, 11) is 5.96. The minimum atomic E-state index is -1.53. The van der Waals surface area contributed by atoms with Gasteiger partial charge >= 0.3 is 17.9 Å². The molecule has 2 unspecified atom stereocenters. The number of hydrogen-bond acceptors (Lipinski definition) is 7. The van der Waals surface area contributed by atoms with E-state index >= 15 is 0 Å². The van der Waals surface area contributed by atoms with E-state index in [0.717, 1.165) is 154 Å². The molecule has 0 bridgehead atoms. The van der Waals surface area contributed by atoms with E-state index in [9.17, 15) is 19.5 Å². The molecule has 0 spiro atoms. The summed E-state index contributed by atoms with van der Waals surface area (Å²) in [6, 6.07) is 0. The summed E-state index contributed by atoms with van der Waals surface area (Å²) in [4.78, 5) is 37.6. The number of hydrogen-bond donors (Lipinski definition) is 1. The Hall–Kier alpha value is -5.61. The van der Waals surface area contributed by atoms with E-state index < -0.39 is 24.3 Å². The van der Waals surface area contributed by atoms with Crippen molar-refractivity contribution in [3.63, 3.8) is 0 Å².